The molecular formula is C13H18N2O3S. The fourth-order valence-electron chi connectivity index (χ4n) is 1.91. The Labute approximate surface area is 116 Å². The Morgan fingerprint density at radius 2 is 2.42 bits per heavy atom. The Bertz CT molecular complexity index is 427. The first-order chi connectivity index (χ1) is 9.16. The summed E-state index contributed by atoms with van der Waals surface area (Å²) in [7, 11) is 0. The van der Waals surface area contributed by atoms with Gasteiger partial charge in [0, 0.05) is 13.2 Å². The summed E-state index contributed by atoms with van der Waals surface area (Å²) in [6.07, 6.45) is 2.14. The monoisotopic (exact) mass is 282 g/mol. The van der Waals surface area contributed by atoms with Crippen LogP contribution in [0.1, 0.15) is 29.4 Å². The maximum atomic E-state index is 11.8. The molecule has 1 aliphatic rings. The highest BCUT2D eigenvalue weighted by atomic mass is 32.1. The molecule has 1 saturated heterocycles. The van der Waals surface area contributed by atoms with Gasteiger partial charge in [0.1, 0.15) is 6.04 Å². The highest BCUT2D eigenvalue weighted by molar-refractivity contribution is 7.12. The number of hydrogen-bond acceptors (Lipinski definition) is 4. The van der Waals surface area contributed by atoms with Gasteiger partial charge in [-0.2, -0.15) is 0 Å². The Kier molecular flexibility index (Phi) is 4.93. The van der Waals surface area contributed by atoms with Crippen LogP contribution in [-0.2, 0) is 9.53 Å². The van der Waals surface area contributed by atoms with E-state index in [0.29, 0.717) is 11.4 Å². The Morgan fingerprint density at radius 3 is 3.05 bits per heavy atom. The zero-order valence-electron chi connectivity index (χ0n) is 10.8. The summed E-state index contributed by atoms with van der Waals surface area (Å²) in [6.45, 7) is 2.96. The lowest BCUT2D eigenvalue weighted by Gasteiger charge is -2.15. The number of rotatable bonds is 5. The van der Waals surface area contributed by atoms with Gasteiger partial charge in [-0.15, -0.1) is 11.3 Å². The molecule has 2 heterocycles. The highest BCUT2D eigenvalue weighted by Crippen LogP contribution is 2.10. The second-order valence-electron chi connectivity index (χ2n) is 4.55. The fraction of sp³-hybridized carbons (Fsp3) is 0.538. The second kappa shape index (κ2) is 6.68. The molecule has 2 unspecified atom stereocenters. The van der Waals surface area contributed by atoms with E-state index in [0.717, 1.165) is 19.4 Å². The molecule has 0 bridgehead atoms. The van der Waals surface area contributed by atoms with Gasteiger partial charge in [-0.05, 0) is 31.2 Å². The number of thiophene rings is 1. The van der Waals surface area contributed by atoms with E-state index >= 15 is 0 Å². The Morgan fingerprint density at radius 1 is 1.58 bits per heavy atom. The predicted octanol–water partition coefficient (Wildman–Crippen LogP) is 1.16. The van der Waals surface area contributed by atoms with E-state index in [-0.39, 0.29) is 17.9 Å². The number of nitrogens with one attached hydrogen (secondary N) is 2. The smallest absolute Gasteiger partial charge is 0.261 e. The second-order valence-corrected chi connectivity index (χ2v) is 5.50. The molecule has 0 saturated carbocycles. The van der Waals surface area contributed by atoms with Gasteiger partial charge in [-0.3, -0.25) is 9.59 Å². The maximum Gasteiger partial charge on any atom is 0.261 e. The van der Waals surface area contributed by atoms with Crippen molar-refractivity contribution in [2.24, 2.45) is 0 Å². The summed E-state index contributed by atoms with van der Waals surface area (Å²) in [6, 6.07) is 3.00. The molecule has 6 heteroatoms. The molecular weight excluding hydrogens is 264 g/mol. The lowest BCUT2D eigenvalue weighted by Crippen LogP contribution is -2.46. The van der Waals surface area contributed by atoms with Crippen LogP contribution in [0.15, 0.2) is 17.5 Å². The van der Waals surface area contributed by atoms with Crippen molar-refractivity contribution < 1.29 is 14.3 Å². The normalized spacial score (nSPS) is 19.9. The van der Waals surface area contributed by atoms with E-state index in [4.69, 9.17) is 4.74 Å². The first-order valence-corrected chi connectivity index (χ1v) is 7.28. The van der Waals surface area contributed by atoms with Crippen LogP contribution in [0.5, 0.6) is 0 Å². The molecule has 1 fully saturated rings. The Balaban J connectivity index is 1.74. The average molecular weight is 282 g/mol. The van der Waals surface area contributed by atoms with Crippen molar-refractivity contribution in [3.63, 3.8) is 0 Å². The van der Waals surface area contributed by atoms with Gasteiger partial charge in [0.2, 0.25) is 5.91 Å². The van der Waals surface area contributed by atoms with Crippen molar-refractivity contribution in [2.75, 3.05) is 13.2 Å². The van der Waals surface area contributed by atoms with Crippen molar-refractivity contribution in [3.05, 3.63) is 22.4 Å². The number of amides is 2. The largest absolute Gasteiger partial charge is 0.376 e. The zero-order chi connectivity index (χ0) is 13.7. The number of hydrogen-bond donors (Lipinski definition) is 2. The molecule has 19 heavy (non-hydrogen) atoms. The minimum atomic E-state index is -0.545. The summed E-state index contributed by atoms with van der Waals surface area (Å²) in [5.41, 5.74) is 0. The van der Waals surface area contributed by atoms with Crippen molar-refractivity contribution in [1.29, 1.82) is 0 Å². The molecule has 0 spiro atoms. The van der Waals surface area contributed by atoms with E-state index in [1.54, 1.807) is 13.0 Å². The van der Waals surface area contributed by atoms with Crippen molar-refractivity contribution in [1.82, 2.24) is 10.6 Å². The highest BCUT2D eigenvalue weighted by Gasteiger charge is 2.20. The first kappa shape index (κ1) is 14.0. The molecule has 0 aliphatic carbocycles. The summed E-state index contributed by atoms with van der Waals surface area (Å²) in [5.74, 6) is -0.393. The van der Waals surface area contributed by atoms with Crippen LogP contribution in [-0.4, -0.2) is 37.1 Å². The molecule has 1 aliphatic heterocycles. The zero-order valence-corrected chi connectivity index (χ0v) is 11.7. The lowest BCUT2D eigenvalue weighted by atomic mass is 10.2. The molecule has 104 valence electrons. The fourth-order valence-corrected chi connectivity index (χ4v) is 2.54. The van der Waals surface area contributed by atoms with Gasteiger partial charge in [0.05, 0.1) is 11.0 Å². The molecule has 5 nitrogen and oxygen atoms in total. The van der Waals surface area contributed by atoms with E-state index in [2.05, 4.69) is 10.6 Å². The third-order valence-electron chi connectivity index (χ3n) is 3.01. The molecule has 1 aromatic rings. The standard InChI is InChI=1S/C13H18N2O3S/c1-9(15-13(17)11-5-3-7-19-11)12(16)14-8-10-4-2-6-18-10/h3,5,7,9-10H,2,4,6,8H2,1H3,(H,14,16)(H,15,17). The van der Waals surface area contributed by atoms with Crippen LogP contribution >= 0.6 is 11.3 Å². The van der Waals surface area contributed by atoms with Crippen molar-refractivity contribution in [3.8, 4) is 0 Å². The number of carbonyl (C=O) groups excluding carboxylic acids is 2. The van der Waals surface area contributed by atoms with Gasteiger partial charge < -0.3 is 15.4 Å². The van der Waals surface area contributed by atoms with E-state index in [1.165, 1.54) is 11.3 Å². The molecule has 0 aromatic carbocycles. The predicted molar refractivity (Wildman–Crippen MR) is 73.2 cm³/mol. The van der Waals surface area contributed by atoms with Gasteiger partial charge in [-0.25, -0.2) is 0 Å². The minimum absolute atomic E-state index is 0.115. The molecule has 2 atom stereocenters. The average Bonchev–Trinajstić information content (AvgIpc) is 3.08. The van der Waals surface area contributed by atoms with E-state index in [1.807, 2.05) is 11.4 Å². The van der Waals surface area contributed by atoms with Crippen LogP contribution in [0.25, 0.3) is 0 Å². The van der Waals surface area contributed by atoms with Crippen molar-refractivity contribution >= 4 is 23.2 Å². The quantitative estimate of drug-likeness (QED) is 0.851. The molecule has 1 aromatic heterocycles. The van der Waals surface area contributed by atoms with Gasteiger partial charge >= 0.3 is 0 Å². The van der Waals surface area contributed by atoms with Gasteiger partial charge in [-0.1, -0.05) is 6.07 Å². The van der Waals surface area contributed by atoms with Crippen LogP contribution < -0.4 is 10.6 Å². The van der Waals surface area contributed by atoms with Gasteiger partial charge in [0.15, 0.2) is 0 Å². The number of carbonyl (C=O) groups is 2. The summed E-state index contributed by atoms with van der Waals surface area (Å²) >= 11 is 1.35. The lowest BCUT2D eigenvalue weighted by molar-refractivity contribution is -0.123. The topological polar surface area (TPSA) is 67.4 Å². The van der Waals surface area contributed by atoms with Gasteiger partial charge in [0.25, 0.3) is 5.91 Å². The molecule has 0 radical (unpaired) electrons. The summed E-state index contributed by atoms with van der Waals surface area (Å²) in [5, 5.41) is 7.31. The minimum Gasteiger partial charge on any atom is -0.376 e. The van der Waals surface area contributed by atoms with Crippen LogP contribution in [0.2, 0.25) is 0 Å². The van der Waals surface area contributed by atoms with E-state index in [9.17, 15) is 9.59 Å². The van der Waals surface area contributed by atoms with E-state index < -0.39 is 6.04 Å². The summed E-state index contributed by atoms with van der Waals surface area (Å²) in [4.78, 5) is 24.2. The maximum absolute atomic E-state index is 11.8. The van der Waals surface area contributed by atoms with Crippen LogP contribution in [0, 0.1) is 0 Å². The van der Waals surface area contributed by atoms with Crippen LogP contribution in [0.3, 0.4) is 0 Å². The SMILES string of the molecule is CC(NC(=O)c1cccs1)C(=O)NCC1CCCO1. The van der Waals surface area contributed by atoms with Crippen LogP contribution in [0.4, 0.5) is 0 Å². The molecule has 2 amide bonds. The third-order valence-corrected chi connectivity index (χ3v) is 3.88. The summed E-state index contributed by atoms with van der Waals surface area (Å²) < 4.78 is 5.42. The Hall–Kier alpha value is -1.40. The third kappa shape index (κ3) is 4.04. The molecule has 2 N–H and O–H groups in total. The molecule has 2 rings (SSSR count). The number of ether oxygens (including phenoxy) is 1. The first-order valence-electron chi connectivity index (χ1n) is 6.40. The van der Waals surface area contributed by atoms with Crippen molar-refractivity contribution in [2.45, 2.75) is 31.9 Å².